The van der Waals surface area contributed by atoms with Crippen LogP contribution >= 0.6 is 15.9 Å². The Morgan fingerprint density at radius 3 is 1.30 bits per heavy atom. The summed E-state index contributed by atoms with van der Waals surface area (Å²) in [6.07, 6.45) is 4.42. The second-order valence-electron chi connectivity index (χ2n) is 32.1. The highest BCUT2D eigenvalue weighted by Gasteiger charge is 2.54. The van der Waals surface area contributed by atoms with Gasteiger partial charge in [0.05, 0.1) is 52.3 Å². The molecule has 45 heteroatoms. The van der Waals surface area contributed by atoms with Crippen molar-refractivity contribution >= 4 is 122 Å². The molecule has 123 heavy (non-hydrogen) atoms. The molecule has 15 heterocycles. The van der Waals surface area contributed by atoms with Crippen LogP contribution in [0.25, 0.3) is 39.3 Å². The van der Waals surface area contributed by atoms with E-state index < -0.39 is 87.0 Å². The van der Waals surface area contributed by atoms with Gasteiger partial charge in [-0.05, 0) is 188 Å². The summed E-state index contributed by atoms with van der Waals surface area (Å²) in [7, 11) is -0.175. The van der Waals surface area contributed by atoms with E-state index in [4.69, 9.17) is 41.7 Å². The summed E-state index contributed by atoms with van der Waals surface area (Å²) in [4.78, 5) is 71.4. The molecule has 0 atom stereocenters. The van der Waals surface area contributed by atoms with Gasteiger partial charge in [-0.2, -0.15) is 56.5 Å². The van der Waals surface area contributed by atoms with Crippen LogP contribution < -0.4 is 28.3 Å². The number of ether oxygens (including phenoxy) is 2. The highest BCUT2D eigenvalue weighted by molar-refractivity contribution is 9.10. The van der Waals surface area contributed by atoms with Crippen molar-refractivity contribution in [3.05, 3.63) is 137 Å². The zero-order valence-electron chi connectivity index (χ0n) is 69.4. The van der Waals surface area contributed by atoms with Gasteiger partial charge in [-0.25, -0.2) is 45.2 Å². The van der Waals surface area contributed by atoms with Gasteiger partial charge in [0.2, 0.25) is 35.6 Å². The molecule has 10 aromatic rings. The van der Waals surface area contributed by atoms with E-state index in [0.717, 1.165) is 77.8 Å². The molecule has 0 bridgehead atoms. The van der Waals surface area contributed by atoms with Crippen molar-refractivity contribution in [2.45, 2.75) is 194 Å². The van der Waals surface area contributed by atoms with Crippen LogP contribution in [0, 0.1) is 0 Å². The number of nitrogens with zero attached hydrogens (tertiary/aromatic N) is 20. The Kier molecular flexibility index (Phi) is 30.2. The van der Waals surface area contributed by atoms with Crippen molar-refractivity contribution in [3.63, 3.8) is 0 Å². The first kappa shape index (κ1) is 93.6. The number of hydrogen-bond donors (Lipinski definition) is 5. The van der Waals surface area contributed by atoms with Gasteiger partial charge in [-0.15, -0.1) is 20.4 Å². The third-order valence-electron chi connectivity index (χ3n) is 19.8. The van der Waals surface area contributed by atoms with Crippen LogP contribution in [0.5, 0.6) is 0 Å². The fourth-order valence-corrected chi connectivity index (χ4v) is 13.6. The summed E-state index contributed by atoms with van der Waals surface area (Å²) in [6.45, 7) is 22.4. The van der Waals surface area contributed by atoms with E-state index in [1.807, 2.05) is 102 Å². The monoisotopic (exact) mass is 1790 g/mol. The molecule has 9 N–H and O–H groups in total. The van der Waals surface area contributed by atoms with Crippen LogP contribution in [-0.2, 0) is 41.5 Å². The highest BCUT2D eigenvalue weighted by Crippen LogP contribution is 2.43. The second-order valence-corrected chi connectivity index (χ2v) is 33.0. The lowest BCUT2D eigenvalue weighted by molar-refractivity contribution is -0.148. The number of hydrogen-bond acceptors (Lipinski definition) is 23. The molecule has 4 amide bonds. The predicted molar refractivity (Wildman–Crippen MR) is 443 cm³/mol. The number of rotatable bonds is 14. The number of piperidine rings is 1. The molecule has 0 aromatic carbocycles. The van der Waals surface area contributed by atoms with E-state index in [2.05, 4.69) is 99.5 Å². The minimum atomic E-state index is -4.36. The maximum atomic E-state index is 12.5. The van der Waals surface area contributed by atoms with Gasteiger partial charge in [0.15, 0.2) is 22.6 Å². The largest absolute Gasteiger partial charge is 0.461 e. The zero-order chi connectivity index (χ0) is 89.7. The highest BCUT2D eigenvalue weighted by atomic mass is 79.9. The van der Waals surface area contributed by atoms with Crippen molar-refractivity contribution in [2.75, 3.05) is 80.6 Å². The maximum absolute atomic E-state index is 12.5. The molecule has 0 aliphatic carbocycles. The van der Waals surface area contributed by atoms with Gasteiger partial charge < -0.3 is 66.6 Å². The number of nitrogen functional groups attached to an aromatic ring is 4. The lowest BCUT2D eigenvalue weighted by Crippen LogP contribution is -2.43. The molecule has 0 radical (unpaired) electrons. The predicted octanol–water partition coefficient (Wildman–Crippen LogP) is 13.8. The van der Waals surface area contributed by atoms with Crippen LogP contribution in [0.15, 0.2) is 121 Å². The number of pyridine rings is 4. The summed E-state index contributed by atoms with van der Waals surface area (Å²) in [6, 6.07) is 15.0. The Morgan fingerprint density at radius 2 is 0.911 bits per heavy atom. The van der Waals surface area contributed by atoms with Crippen LogP contribution in [0.3, 0.4) is 0 Å². The average Bonchev–Trinajstić information content (AvgIpc) is 1.63. The van der Waals surface area contributed by atoms with Gasteiger partial charge in [0.25, 0.3) is 12.9 Å². The molecule has 664 valence electrons. The Balaban J connectivity index is 0.000000160. The van der Waals surface area contributed by atoms with E-state index >= 15 is 0 Å². The Bertz CT molecular complexity index is 5370. The van der Waals surface area contributed by atoms with Gasteiger partial charge in [0, 0.05) is 119 Å². The van der Waals surface area contributed by atoms with Gasteiger partial charge >= 0.3 is 31.7 Å². The molecular weight excluding hydrogens is 1700 g/mol. The van der Waals surface area contributed by atoms with Gasteiger partial charge in [-0.1, -0.05) is 18.2 Å². The minimum Gasteiger partial charge on any atom is -0.444 e. The van der Waals surface area contributed by atoms with E-state index in [-0.39, 0.29) is 67.4 Å². The molecule has 0 unspecified atom stereocenters. The van der Waals surface area contributed by atoms with Gasteiger partial charge in [0.1, 0.15) is 24.3 Å². The van der Waals surface area contributed by atoms with E-state index in [1.165, 1.54) is 34.6 Å². The summed E-state index contributed by atoms with van der Waals surface area (Å²) >= 11 is 3.33. The number of nitrogens with two attached hydrogens (primary N) is 4. The number of fused-ring (bicyclic) bond motifs is 4. The summed E-state index contributed by atoms with van der Waals surface area (Å²) < 4.78 is 155. The lowest BCUT2D eigenvalue weighted by atomic mass is 9.67. The molecule has 33 nitrogen and oxygen atoms in total. The van der Waals surface area contributed by atoms with Crippen LogP contribution in [0.2, 0.25) is 5.82 Å². The Hall–Kier alpha value is -11.6. The molecule has 15 rings (SSSR count). The Morgan fingerprint density at radius 1 is 0.528 bits per heavy atom. The number of halogens is 11. The smallest absolute Gasteiger partial charge is 0.444 e. The number of anilines is 6. The average molecular weight is 1800 g/mol. The molecule has 0 saturated carbocycles. The molecular formula is C78H99BBrF10N25O8. The van der Waals surface area contributed by atoms with E-state index in [0.29, 0.717) is 80.6 Å². The normalized spacial score (nSPS) is 16.3. The number of amides is 4. The molecule has 5 aliphatic heterocycles. The van der Waals surface area contributed by atoms with Crippen molar-refractivity contribution < 1.29 is 81.9 Å². The first-order chi connectivity index (χ1) is 57.7. The van der Waals surface area contributed by atoms with Crippen LogP contribution in [0.1, 0.15) is 144 Å². The maximum Gasteiger partial charge on any atom is 0.461 e. The Labute approximate surface area is 709 Å². The van der Waals surface area contributed by atoms with Crippen molar-refractivity contribution in [1.29, 1.82) is 0 Å². The SMILES string of the molecule is CC(C)(C)OC(=O)N1CC=C(c2cccn3nc(N)nc23)CC1.CC(C)(C)OC(=O)N1CCC(B2OC(C)(C)C(C)(C)O2)CC1.Nc1cnn(CC(F)F)c1.Nc1nc2c(Br)cccn2n1.Nc1nc2c(C3=CCN(C(=O)CCC(F)(F)F)CC3)cccn2n1.O=C(CCC(F)(F)F)N1CC=C(c2cccn3nc(Nc4cnn(CC(F)F)c4)nc23)CC1. The summed E-state index contributed by atoms with van der Waals surface area (Å²) in [5.41, 5.74) is 29.6. The van der Waals surface area contributed by atoms with Crippen molar-refractivity contribution in [1.82, 2.24) is 97.6 Å². The number of likely N-dealkylation sites (tertiary alicyclic amines) is 1. The number of carbonyl (C=O) groups is 4. The van der Waals surface area contributed by atoms with E-state index in [9.17, 15) is 63.1 Å². The number of carbonyl (C=O) groups excluding carboxylic acids is 4. The number of alkyl halides is 10. The molecule has 2 saturated heterocycles. The minimum absolute atomic E-state index is 0.169. The second kappa shape index (κ2) is 39.7. The molecule has 2 fully saturated rings. The van der Waals surface area contributed by atoms with Crippen LogP contribution in [-0.4, -0.2) is 229 Å². The quantitative estimate of drug-likeness (QED) is 0.0498. The molecule has 10 aromatic heterocycles. The molecule has 5 aliphatic rings. The van der Waals surface area contributed by atoms with Crippen molar-refractivity contribution in [2.24, 2.45) is 0 Å². The summed E-state index contributed by atoms with van der Waals surface area (Å²) in [5.74, 6) is 0.290. The number of aromatic nitrogens is 16. The van der Waals surface area contributed by atoms with Gasteiger partial charge in [-0.3, -0.25) is 19.0 Å². The topological polar surface area (TPSA) is 391 Å². The fourth-order valence-electron chi connectivity index (χ4n) is 13.1. The summed E-state index contributed by atoms with van der Waals surface area (Å²) in [5, 5.41) is 26.8. The number of nitrogens with one attached hydrogen (secondary N) is 1. The van der Waals surface area contributed by atoms with E-state index in [1.54, 1.807) is 58.6 Å². The lowest BCUT2D eigenvalue weighted by Gasteiger charge is -2.34. The van der Waals surface area contributed by atoms with Crippen LogP contribution in [0.4, 0.5) is 88.7 Å². The standard InChI is InChI=1S/C20H20F5N7O.C16H30BNO4.C16H21N5O2.C15H16F3N5O.C6H5BrN4.C5H7F2N3/c21-16(22)12-31-11-14(10-26-31)27-19-28-18-15(2-1-7-32(18)29-19)13-4-8-30(9-5-13)17(33)3-6-20(23,24)25;1-14(2,3)20-13(19)18-10-8-12(9-11-18)17-21-15(4,5)16(6,7)22-17;1-16(2,3)23-15(22)20-9-6-11(7-10-20)12-5-4-8-21-13(12)18-14(17)19-21;16-15(17,18)6-3-12(24)22-8-4-10(5-9-22)11-2-1-7-23-13(11)20-14(19)21-23;7-4-2-1-3-11-5(4)9-6(8)10-11;6-5(7)3-10-2-4(8)1-9-10/h1-2,4,7,10-11,16H,3,5-6,8-9,12H2,(H,27,29);12H,8-11H2,1-7H3;4-6,8H,7,9-10H2,1-3H3,(H2,17,19);1-2,4,7H,3,5-6,8-9H2,(H2,19,21);1-3H,(H2,8,10);1-2,5H,3,8H2. The third kappa shape index (κ3) is 26.9. The zero-order valence-corrected chi connectivity index (χ0v) is 71.0. The third-order valence-corrected chi connectivity index (χ3v) is 20.4. The first-order valence-corrected chi connectivity index (χ1v) is 40.1. The fraction of sp³-hybridized carbons (Fsp3) is 0.487. The van der Waals surface area contributed by atoms with Crippen molar-refractivity contribution in [3.8, 4) is 0 Å². The first-order valence-electron chi connectivity index (χ1n) is 39.3. The molecule has 0 spiro atoms.